The van der Waals surface area contributed by atoms with Gasteiger partial charge >= 0.3 is 0 Å². The molecule has 0 radical (unpaired) electrons. The smallest absolute Gasteiger partial charge is 0.0237 e. The third-order valence-corrected chi connectivity index (χ3v) is 3.06. The van der Waals surface area contributed by atoms with E-state index in [1.54, 1.807) is 0 Å². The molecule has 1 aliphatic heterocycles. The summed E-state index contributed by atoms with van der Waals surface area (Å²) in [5.41, 5.74) is 8.99. The van der Waals surface area contributed by atoms with Crippen LogP contribution in [-0.2, 0) is 13.0 Å². The van der Waals surface area contributed by atoms with Crippen molar-refractivity contribution in [1.29, 1.82) is 0 Å². The van der Waals surface area contributed by atoms with Crippen LogP contribution in [0.15, 0.2) is 24.3 Å². The molecule has 0 saturated carbocycles. The van der Waals surface area contributed by atoms with Crippen molar-refractivity contribution in [3.05, 3.63) is 35.4 Å². The van der Waals surface area contributed by atoms with E-state index >= 15 is 0 Å². The molecule has 3 heteroatoms. The van der Waals surface area contributed by atoms with Crippen LogP contribution in [0.2, 0.25) is 0 Å². The predicted molar refractivity (Wildman–Crippen MR) is 75.6 cm³/mol. The van der Waals surface area contributed by atoms with Gasteiger partial charge in [-0.3, -0.25) is 4.90 Å². The fourth-order valence-electron chi connectivity index (χ4n) is 2.48. The molecule has 0 aromatic heterocycles. The molecular weight excluding hydrogens is 232 g/mol. The van der Waals surface area contributed by atoms with Gasteiger partial charge in [0, 0.05) is 18.6 Å². The van der Waals surface area contributed by atoms with E-state index in [9.17, 15) is 0 Å². The third kappa shape index (κ3) is 4.30. The summed E-state index contributed by atoms with van der Waals surface area (Å²) < 4.78 is 0. The molecule has 0 bridgehead atoms. The van der Waals surface area contributed by atoms with Crippen molar-refractivity contribution in [2.24, 2.45) is 5.73 Å². The van der Waals surface area contributed by atoms with Crippen LogP contribution < -0.4 is 5.73 Å². The molecule has 0 atom stereocenters. The summed E-state index contributed by atoms with van der Waals surface area (Å²) in [4.78, 5) is 2.48. The standard InChI is InChI=1S/C14H22N2.ClH/c1-14(2,15)11-16-9-5-8-12-6-3-4-7-13(12)10-16;/h3-4,6-7H,5,8-11,15H2,1-2H3;1H. The lowest BCUT2D eigenvalue weighted by Crippen LogP contribution is -2.45. The van der Waals surface area contributed by atoms with Crippen molar-refractivity contribution in [2.45, 2.75) is 38.8 Å². The number of hydrogen-bond acceptors (Lipinski definition) is 2. The number of halogens is 1. The number of nitrogens with zero attached hydrogens (tertiary/aromatic N) is 1. The van der Waals surface area contributed by atoms with Crippen molar-refractivity contribution >= 4 is 12.4 Å². The van der Waals surface area contributed by atoms with Gasteiger partial charge < -0.3 is 5.73 Å². The van der Waals surface area contributed by atoms with Crippen LogP contribution in [0.1, 0.15) is 31.4 Å². The second-order valence-corrected chi connectivity index (χ2v) is 5.57. The highest BCUT2D eigenvalue weighted by atomic mass is 35.5. The number of fused-ring (bicyclic) bond motifs is 1. The van der Waals surface area contributed by atoms with E-state index < -0.39 is 0 Å². The number of aryl methyl sites for hydroxylation is 1. The first-order valence-electron chi connectivity index (χ1n) is 6.13. The minimum atomic E-state index is -0.0979. The zero-order valence-corrected chi connectivity index (χ0v) is 11.6. The van der Waals surface area contributed by atoms with Gasteiger partial charge in [-0.15, -0.1) is 12.4 Å². The predicted octanol–water partition coefficient (Wildman–Crippen LogP) is 2.59. The molecule has 0 aliphatic carbocycles. The van der Waals surface area contributed by atoms with Crippen molar-refractivity contribution in [3.8, 4) is 0 Å². The lowest BCUT2D eigenvalue weighted by molar-refractivity contribution is 0.221. The number of hydrogen-bond donors (Lipinski definition) is 1. The summed E-state index contributed by atoms with van der Waals surface area (Å²) >= 11 is 0. The Morgan fingerprint density at radius 1 is 1.24 bits per heavy atom. The fourth-order valence-corrected chi connectivity index (χ4v) is 2.48. The molecule has 2 nitrogen and oxygen atoms in total. The third-order valence-electron chi connectivity index (χ3n) is 3.06. The first kappa shape index (κ1) is 14.5. The monoisotopic (exact) mass is 254 g/mol. The summed E-state index contributed by atoms with van der Waals surface area (Å²) in [7, 11) is 0. The Hall–Kier alpha value is -0.570. The van der Waals surface area contributed by atoms with Gasteiger partial charge in [0.25, 0.3) is 0 Å². The molecule has 1 aromatic rings. The van der Waals surface area contributed by atoms with Crippen LogP contribution in [-0.4, -0.2) is 23.5 Å². The van der Waals surface area contributed by atoms with Crippen molar-refractivity contribution in [1.82, 2.24) is 4.90 Å². The van der Waals surface area contributed by atoms with E-state index in [2.05, 4.69) is 43.0 Å². The zero-order valence-electron chi connectivity index (χ0n) is 10.8. The molecule has 96 valence electrons. The SMILES string of the molecule is CC(C)(N)CN1CCCc2ccccc2C1.Cl. The first-order valence-corrected chi connectivity index (χ1v) is 6.13. The van der Waals surface area contributed by atoms with Gasteiger partial charge in [-0.05, 0) is 44.4 Å². The van der Waals surface area contributed by atoms with Gasteiger partial charge in [0.05, 0.1) is 0 Å². The van der Waals surface area contributed by atoms with Crippen LogP contribution in [0.25, 0.3) is 0 Å². The highest BCUT2D eigenvalue weighted by Crippen LogP contribution is 2.19. The largest absolute Gasteiger partial charge is 0.324 e. The lowest BCUT2D eigenvalue weighted by atomic mass is 10.0. The maximum Gasteiger partial charge on any atom is 0.0237 e. The normalized spacial score (nSPS) is 16.9. The molecular formula is C14H23ClN2. The average molecular weight is 255 g/mol. The summed E-state index contributed by atoms with van der Waals surface area (Å²) in [6.07, 6.45) is 2.45. The van der Waals surface area contributed by atoms with Gasteiger partial charge in [-0.1, -0.05) is 24.3 Å². The Morgan fingerprint density at radius 3 is 2.53 bits per heavy atom. The number of nitrogens with two attached hydrogens (primary N) is 1. The molecule has 2 rings (SSSR count). The molecule has 1 aromatic carbocycles. The Balaban J connectivity index is 0.00000144. The van der Waals surface area contributed by atoms with E-state index in [1.165, 1.54) is 24.0 Å². The van der Waals surface area contributed by atoms with E-state index in [1.807, 2.05) is 0 Å². The van der Waals surface area contributed by atoms with Gasteiger partial charge in [-0.2, -0.15) is 0 Å². The quantitative estimate of drug-likeness (QED) is 0.879. The van der Waals surface area contributed by atoms with Gasteiger partial charge in [0.2, 0.25) is 0 Å². The van der Waals surface area contributed by atoms with Crippen molar-refractivity contribution in [3.63, 3.8) is 0 Å². The minimum absolute atomic E-state index is 0. The van der Waals surface area contributed by atoms with Crippen LogP contribution >= 0.6 is 12.4 Å². The second kappa shape index (κ2) is 5.85. The fraction of sp³-hybridized carbons (Fsp3) is 0.571. The van der Waals surface area contributed by atoms with E-state index in [0.29, 0.717) is 0 Å². The molecule has 0 fully saturated rings. The summed E-state index contributed by atoms with van der Waals surface area (Å²) in [5.74, 6) is 0. The molecule has 0 saturated heterocycles. The molecule has 1 aliphatic rings. The maximum atomic E-state index is 6.10. The molecule has 1 heterocycles. The summed E-state index contributed by atoms with van der Waals surface area (Å²) in [6.45, 7) is 7.39. The Labute approximate surface area is 111 Å². The Morgan fingerprint density at radius 2 is 1.88 bits per heavy atom. The summed E-state index contributed by atoms with van der Waals surface area (Å²) in [6, 6.07) is 8.78. The first-order chi connectivity index (χ1) is 7.54. The van der Waals surface area contributed by atoms with Crippen LogP contribution in [0.4, 0.5) is 0 Å². The molecule has 0 spiro atoms. The molecule has 17 heavy (non-hydrogen) atoms. The van der Waals surface area contributed by atoms with Gasteiger partial charge in [-0.25, -0.2) is 0 Å². The van der Waals surface area contributed by atoms with Crippen molar-refractivity contribution in [2.75, 3.05) is 13.1 Å². The average Bonchev–Trinajstić information content (AvgIpc) is 2.36. The zero-order chi connectivity index (χ0) is 11.6. The minimum Gasteiger partial charge on any atom is -0.324 e. The highest BCUT2D eigenvalue weighted by Gasteiger charge is 2.19. The topological polar surface area (TPSA) is 29.3 Å². The van der Waals surface area contributed by atoms with E-state index in [0.717, 1.165) is 19.6 Å². The Bertz CT molecular complexity index is 357. The number of benzene rings is 1. The van der Waals surface area contributed by atoms with E-state index in [-0.39, 0.29) is 17.9 Å². The lowest BCUT2D eigenvalue weighted by Gasteiger charge is -2.28. The molecule has 2 N–H and O–H groups in total. The van der Waals surface area contributed by atoms with Crippen LogP contribution in [0.3, 0.4) is 0 Å². The Kier molecular flexibility index (Phi) is 4.99. The summed E-state index contributed by atoms with van der Waals surface area (Å²) in [5, 5.41) is 0. The van der Waals surface area contributed by atoms with Crippen LogP contribution in [0.5, 0.6) is 0 Å². The molecule has 0 unspecified atom stereocenters. The van der Waals surface area contributed by atoms with Gasteiger partial charge in [0.1, 0.15) is 0 Å². The maximum absolute atomic E-state index is 6.10. The number of rotatable bonds is 2. The van der Waals surface area contributed by atoms with Crippen LogP contribution in [0, 0.1) is 0 Å². The van der Waals surface area contributed by atoms with E-state index in [4.69, 9.17) is 5.73 Å². The highest BCUT2D eigenvalue weighted by molar-refractivity contribution is 5.85. The molecule has 0 amide bonds. The second-order valence-electron chi connectivity index (χ2n) is 5.57. The van der Waals surface area contributed by atoms with Gasteiger partial charge in [0.15, 0.2) is 0 Å². The van der Waals surface area contributed by atoms with Crippen molar-refractivity contribution < 1.29 is 0 Å².